The fourth-order valence-electron chi connectivity index (χ4n) is 5.43. The average molecular weight is 423 g/mol. The second-order valence-electron chi connectivity index (χ2n) is 9.03. The van der Waals surface area contributed by atoms with E-state index in [0.717, 1.165) is 23.5 Å². The number of rotatable bonds is 2. The van der Waals surface area contributed by atoms with Crippen molar-refractivity contribution in [3.63, 3.8) is 0 Å². The van der Waals surface area contributed by atoms with Crippen molar-refractivity contribution in [1.29, 1.82) is 0 Å². The van der Waals surface area contributed by atoms with Gasteiger partial charge in [-0.05, 0) is 69.3 Å². The lowest BCUT2D eigenvalue weighted by atomic mass is 10.00. The van der Waals surface area contributed by atoms with Gasteiger partial charge in [0, 0.05) is 16.7 Å². The van der Waals surface area contributed by atoms with E-state index in [-0.39, 0.29) is 0 Å². The molecule has 33 heavy (non-hydrogen) atoms. The lowest BCUT2D eigenvalue weighted by Gasteiger charge is -2.12. The molecule has 1 heteroatoms. The van der Waals surface area contributed by atoms with Crippen molar-refractivity contribution in [2.45, 2.75) is 13.3 Å². The summed E-state index contributed by atoms with van der Waals surface area (Å²) in [6.07, 6.45) is 3.28. The Morgan fingerprint density at radius 2 is 1.39 bits per heavy atom. The molecule has 7 rings (SSSR count). The van der Waals surface area contributed by atoms with E-state index in [1.54, 1.807) is 0 Å². The highest BCUT2D eigenvalue weighted by Crippen LogP contribution is 2.48. The third kappa shape index (κ3) is 2.79. The van der Waals surface area contributed by atoms with Gasteiger partial charge in [-0.25, -0.2) is 0 Å². The third-order valence-corrected chi connectivity index (χ3v) is 6.99. The van der Waals surface area contributed by atoms with Gasteiger partial charge in [0.2, 0.25) is 0 Å². The Hall–Kier alpha value is -4.10. The SMILES string of the molecule is Cc1cc(-c2ccc3ccccc3c2)oc2c(C3=Cc4ccccc4C3)c3ccccc3c1-2. The number of hydrogen-bond acceptors (Lipinski definition) is 1. The van der Waals surface area contributed by atoms with Gasteiger partial charge in [0.25, 0.3) is 0 Å². The first-order valence-electron chi connectivity index (χ1n) is 11.5. The molecule has 0 saturated carbocycles. The summed E-state index contributed by atoms with van der Waals surface area (Å²) in [6.45, 7) is 2.20. The zero-order valence-electron chi connectivity index (χ0n) is 18.4. The molecule has 3 aliphatic rings. The first-order chi connectivity index (χ1) is 16.3. The maximum atomic E-state index is 6.76. The summed E-state index contributed by atoms with van der Waals surface area (Å²) in [7, 11) is 0. The summed E-state index contributed by atoms with van der Waals surface area (Å²) in [5, 5.41) is 5.01. The molecule has 4 aromatic carbocycles. The van der Waals surface area contributed by atoms with E-state index >= 15 is 0 Å². The summed E-state index contributed by atoms with van der Waals surface area (Å²) in [5.41, 5.74) is 8.85. The Kier molecular flexibility index (Phi) is 3.89. The molecule has 0 atom stereocenters. The monoisotopic (exact) mass is 422 g/mol. The fraction of sp³-hybridized carbons (Fsp3) is 0.0625. The molecule has 156 valence electrons. The normalized spacial score (nSPS) is 13.1. The van der Waals surface area contributed by atoms with Crippen LogP contribution in [0.15, 0.2) is 101 Å². The maximum absolute atomic E-state index is 6.76. The number of allylic oxidation sites excluding steroid dienone is 1. The Morgan fingerprint density at radius 3 is 2.24 bits per heavy atom. The molecule has 0 saturated heterocycles. The predicted molar refractivity (Wildman–Crippen MR) is 139 cm³/mol. The van der Waals surface area contributed by atoms with Crippen LogP contribution in [0.3, 0.4) is 0 Å². The van der Waals surface area contributed by atoms with E-state index in [0.29, 0.717) is 0 Å². The smallest absolute Gasteiger partial charge is 0.143 e. The molecule has 0 amide bonds. The van der Waals surface area contributed by atoms with E-state index in [1.165, 1.54) is 54.9 Å². The van der Waals surface area contributed by atoms with Gasteiger partial charge < -0.3 is 4.42 Å². The minimum absolute atomic E-state index is 0.915. The molecule has 0 bridgehead atoms. The van der Waals surface area contributed by atoms with E-state index in [1.807, 2.05) is 0 Å². The summed E-state index contributed by atoms with van der Waals surface area (Å²) in [5.74, 6) is 1.91. The quantitative estimate of drug-likeness (QED) is 0.272. The summed E-state index contributed by atoms with van der Waals surface area (Å²) >= 11 is 0. The number of hydrogen-bond donors (Lipinski definition) is 0. The van der Waals surface area contributed by atoms with E-state index < -0.39 is 0 Å². The molecule has 1 nitrogen and oxygen atoms in total. The molecule has 0 spiro atoms. The van der Waals surface area contributed by atoms with Gasteiger partial charge in [-0.15, -0.1) is 0 Å². The molecule has 4 aromatic rings. The first kappa shape index (κ1) is 18.5. The van der Waals surface area contributed by atoms with Crippen molar-refractivity contribution in [2.75, 3.05) is 0 Å². The molecule has 1 aliphatic heterocycles. The summed E-state index contributed by atoms with van der Waals surface area (Å²) in [6, 6.07) is 34.6. The first-order valence-corrected chi connectivity index (χ1v) is 11.5. The van der Waals surface area contributed by atoms with Gasteiger partial charge >= 0.3 is 0 Å². The van der Waals surface area contributed by atoms with Gasteiger partial charge in [-0.2, -0.15) is 0 Å². The minimum atomic E-state index is 0.915. The van der Waals surface area contributed by atoms with Crippen molar-refractivity contribution in [2.24, 2.45) is 0 Å². The molecular formula is C32H22O. The molecule has 2 aliphatic carbocycles. The zero-order chi connectivity index (χ0) is 21.9. The Bertz CT molecular complexity index is 1700. The van der Waals surface area contributed by atoms with Crippen molar-refractivity contribution in [1.82, 2.24) is 0 Å². The second kappa shape index (κ2) is 6.95. The summed E-state index contributed by atoms with van der Waals surface area (Å²) in [4.78, 5) is 0. The maximum Gasteiger partial charge on any atom is 0.143 e. The molecule has 0 radical (unpaired) electrons. The zero-order valence-corrected chi connectivity index (χ0v) is 18.4. The standard InChI is InChI=1S/C32H22O/c1-20-16-29(25-15-14-21-8-2-3-9-22(21)17-25)33-32-30(20)27-12-6-7-13-28(27)31(32)26-18-23-10-4-5-11-24(23)19-26/h2-18H,19H2,1H3. The van der Waals surface area contributed by atoms with Crippen LogP contribution in [0.1, 0.15) is 22.3 Å². The minimum Gasteiger partial charge on any atom is -0.455 e. The van der Waals surface area contributed by atoms with Crippen LogP contribution in [0, 0.1) is 6.92 Å². The molecule has 0 fully saturated rings. The Balaban J connectivity index is 1.50. The largest absolute Gasteiger partial charge is 0.455 e. The van der Waals surface area contributed by atoms with Crippen LogP contribution < -0.4 is 0 Å². The van der Waals surface area contributed by atoms with Crippen LogP contribution in [0.25, 0.3) is 55.8 Å². The average Bonchev–Trinajstić information content (AvgIpc) is 3.42. The number of benzene rings is 4. The van der Waals surface area contributed by atoms with Crippen LogP contribution in [0.5, 0.6) is 0 Å². The lowest BCUT2D eigenvalue weighted by molar-refractivity contribution is 0.581. The molecule has 0 N–H and O–H groups in total. The van der Waals surface area contributed by atoms with E-state index in [4.69, 9.17) is 4.42 Å². The topological polar surface area (TPSA) is 13.1 Å². The van der Waals surface area contributed by atoms with Crippen LogP contribution in [0.4, 0.5) is 0 Å². The molecule has 1 heterocycles. The van der Waals surface area contributed by atoms with Crippen LogP contribution in [0.2, 0.25) is 0 Å². The Labute approximate surface area is 193 Å². The van der Waals surface area contributed by atoms with Gasteiger partial charge in [0.05, 0.1) is 0 Å². The van der Waals surface area contributed by atoms with Gasteiger partial charge in [0.15, 0.2) is 0 Å². The third-order valence-electron chi connectivity index (χ3n) is 6.99. The number of aryl methyl sites for hydroxylation is 1. The molecular weight excluding hydrogens is 400 g/mol. The van der Waals surface area contributed by atoms with Gasteiger partial charge in [-0.1, -0.05) is 91.0 Å². The highest BCUT2D eigenvalue weighted by molar-refractivity contribution is 6.13. The van der Waals surface area contributed by atoms with Crippen molar-refractivity contribution in [3.8, 4) is 22.6 Å². The highest BCUT2D eigenvalue weighted by Gasteiger charge is 2.27. The van der Waals surface area contributed by atoms with Crippen molar-refractivity contribution < 1.29 is 4.42 Å². The fourth-order valence-corrected chi connectivity index (χ4v) is 5.43. The molecule has 0 unspecified atom stereocenters. The summed E-state index contributed by atoms with van der Waals surface area (Å²) < 4.78 is 6.76. The van der Waals surface area contributed by atoms with Crippen LogP contribution in [-0.4, -0.2) is 0 Å². The number of fused-ring (bicyclic) bond motifs is 5. The Morgan fingerprint density at radius 1 is 0.667 bits per heavy atom. The van der Waals surface area contributed by atoms with Crippen LogP contribution >= 0.6 is 0 Å². The van der Waals surface area contributed by atoms with E-state index in [9.17, 15) is 0 Å². The van der Waals surface area contributed by atoms with Gasteiger partial charge in [-0.3, -0.25) is 0 Å². The van der Waals surface area contributed by atoms with Gasteiger partial charge in [0.1, 0.15) is 11.5 Å². The van der Waals surface area contributed by atoms with Crippen molar-refractivity contribution >= 4 is 33.2 Å². The molecule has 0 aromatic heterocycles. The van der Waals surface area contributed by atoms with Crippen LogP contribution in [-0.2, 0) is 6.42 Å². The lowest BCUT2D eigenvalue weighted by Crippen LogP contribution is -1.90. The second-order valence-corrected chi connectivity index (χ2v) is 9.03. The highest BCUT2D eigenvalue weighted by atomic mass is 16.3. The van der Waals surface area contributed by atoms with E-state index in [2.05, 4.69) is 110 Å². The van der Waals surface area contributed by atoms with Crippen molar-refractivity contribution in [3.05, 3.63) is 119 Å². The predicted octanol–water partition coefficient (Wildman–Crippen LogP) is 8.76.